The molecule has 144 valence electrons. The van der Waals surface area contributed by atoms with Crippen molar-refractivity contribution < 1.29 is 14.4 Å². The zero-order chi connectivity index (χ0) is 19.6. The Labute approximate surface area is 171 Å². The summed E-state index contributed by atoms with van der Waals surface area (Å²) in [4.78, 5) is 31.2. The van der Waals surface area contributed by atoms with Gasteiger partial charge in [0.1, 0.15) is 5.57 Å². The van der Waals surface area contributed by atoms with Crippen LogP contribution in [0.1, 0.15) is 25.7 Å². The lowest BCUT2D eigenvalue weighted by Crippen LogP contribution is -2.45. The fourth-order valence-corrected chi connectivity index (χ4v) is 4.00. The monoisotopic (exact) mass is 483 g/mol. The number of oxime groups is 1. The molecule has 1 aromatic rings. The molecule has 5 N–H and O–H groups in total. The van der Waals surface area contributed by atoms with E-state index in [1.54, 1.807) is 24.1 Å². The van der Waals surface area contributed by atoms with Crippen molar-refractivity contribution in [1.82, 2.24) is 4.90 Å². The van der Waals surface area contributed by atoms with Gasteiger partial charge in [0.05, 0.1) is 11.2 Å². The molecular weight excluding hydrogens is 461 g/mol. The van der Waals surface area contributed by atoms with Crippen LogP contribution < -0.4 is 16.8 Å². The maximum Gasteiger partial charge on any atom is 0.265 e. The first-order valence-electron chi connectivity index (χ1n) is 8.65. The maximum absolute atomic E-state index is 12.6. The van der Waals surface area contributed by atoms with Crippen molar-refractivity contribution in [3.63, 3.8) is 0 Å². The standard InChI is InChI=1S/C18H22IN5O3/c1-24-17(26)14(15(20)18(24)8-2-3-9-18)16(21)23-27-10-13(25)22-12-6-4-11(19)5-7-12/h4-7H,2-3,8-10,20H2,1H3,(H2,21,23)(H,22,25). The largest absolute Gasteiger partial charge is 0.399 e. The van der Waals surface area contributed by atoms with Crippen LogP contribution in [0.2, 0.25) is 0 Å². The van der Waals surface area contributed by atoms with Crippen LogP contribution in [0.25, 0.3) is 0 Å². The topological polar surface area (TPSA) is 123 Å². The number of nitrogens with one attached hydrogen (secondary N) is 1. The number of halogens is 1. The molecule has 9 heteroatoms. The summed E-state index contributed by atoms with van der Waals surface area (Å²) in [7, 11) is 1.73. The van der Waals surface area contributed by atoms with Crippen molar-refractivity contribution in [2.24, 2.45) is 16.6 Å². The second kappa shape index (κ2) is 7.75. The predicted molar refractivity (Wildman–Crippen MR) is 111 cm³/mol. The number of amides is 2. The molecule has 1 aromatic carbocycles. The highest BCUT2D eigenvalue weighted by Gasteiger charge is 2.51. The number of anilines is 1. The third-order valence-electron chi connectivity index (χ3n) is 5.10. The molecule has 0 unspecified atom stereocenters. The van der Waals surface area contributed by atoms with E-state index in [4.69, 9.17) is 16.3 Å². The summed E-state index contributed by atoms with van der Waals surface area (Å²) in [6.45, 7) is -0.324. The minimum atomic E-state index is -0.464. The summed E-state index contributed by atoms with van der Waals surface area (Å²) in [5.74, 6) is -0.741. The fraction of sp³-hybridized carbons (Fsp3) is 0.389. The van der Waals surface area contributed by atoms with Gasteiger partial charge in [-0.05, 0) is 59.7 Å². The lowest BCUT2D eigenvalue weighted by Gasteiger charge is -2.33. The smallest absolute Gasteiger partial charge is 0.265 e. The average Bonchev–Trinajstić information content (AvgIpc) is 3.19. The highest BCUT2D eigenvalue weighted by atomic mass is 127. The third-order valence-corrected chi connectivity index (χ3v) is 5.82. The zero-order valence-electron chi connectivity index (χ0n) is 15.0. The van der Waals surface area contributed by atoms with E-state index in [0.717, 1.165) is 29.3 Å². The molecule has 0 bridgehead atoms. The van der Waals surface area contributed by atoms with Crippen LogP contribution in [-0.4, -0.2) is 41.7 Å². The van der Waals surface area contributed by atoms with E-state index in [1.807, 2.05) is 12.1 Å². The van der Waals surface area contributed by atoms with E-state index in [2.05, 4.69) is 33.1 Å². The zero-order valence-corrected chi connectivity index (χ0v) is 17.2. The number of amidine groups is 1. The normalized spacial score (nSPS) is 19.1. The van der Waals surface area contributed by atoms with Gasteiger partial charge in [0.2, 0.25) is 0 Å². The maximum atomic E-state index is 12.6. The summed E-state index contributed by atoms with van der Waals surface area (Å²) < 4.78 is 1.07. The molecule has 27 heavy (non-hydrogen) atoms. The summed E-state index contributed by atoms with van der Waals surface area (Å²) in [5.41, 5.74) is 13.0. The number of benzene rings is 1. The van der Waals surface area contributed by atoms with Crippen LogP contribution in [0.3, 0.4) is 0 Å². The van der Waals surface area contributed by atoms with Gasteiger partial charge in [0.25, 0.3) is 11.8 Å². The number of likely N-dealkylation sites (N-methyl/N-ethyl adjacent to an activating group) is 1. The van der Waals surface area contributed by atoms with Crippen molar-refractivity contribution in [3.05, 3.63) is 39.1 Å². The minimum absolute atomic E-state index is 0.102. The van der Waals surface area contributed by atoms with E-state index in [-0.39, 0.29) is 29.8 Å². The predicted octanol–water partition coefficient (Wildman–Crippen LogP) is 1.52. The van der Waals surface area contributed by atoms with Crippen molar-refractivity contribution in [2.45, 2.75) is 31.2 Å². The van der Waals surface area contributed by atoms with Gasteiger partial charge in [-0.1, -0.05) is 18.0 Å². The van der Waals surface area contributed by atoms with Crippen LogP contribution in [0.5, 0.6) is 0 Å². The van der Waals surface area contributed by atoms with Gasteiger partial charge in [-0.25, -0.2) is 0 Å². The van der Waals surface area contributed by atoms with Gasteiger partial charge < -0.3 is 26.5 Å². The molecule has 8 nitrogen and oxygen atoms in total. The Morgan fingerprint density at radius 2 is 1.96 bits per heavy atom. The Balaban J connectivity index is 1.63. The molecule has 0 radical (unpaired) electrons. The first-order chi connectivity index (χ1) is 12.8. The quantitative estimate of drug-likeness (QED) is 0.254. The molecule has 1 heterocycles. The first-order valence-corrected chi connectivity index (χ1v) is 9.72. The van der Waals surface area contributed by atoms with Gasteiger partial charge in [0.15, 0.2) is 12.4 Å². The molecule has 2 amide bonds. The van der Waals surface area contributed by atoms with Crippen LogP contribution in [0.15, 0.2) is 40.7 Å². The van der Waals surface area contributed by atoms with Gasteiger partial charge in [-0.2, -0.15) is 0 Å². The van der Waals surface area contributed by atoms with Crippen LogP contribution >= 0.6 is 22.6 Å². The molecule has 0 atom stereocenters. The van der Waals surface area contributed by atoms with Crippen molar-refractivity contribution in [2.75, 3.05) is 19.0 Å². The Morgan fingerprint density at radius 3 is 2.59 bits per heavy atom. The first kappa shape index (κ1) is 19.5. The Kier molecular flexibility index (Phi) is 5.59. The van der Waals surface area contributed by atoms with Crippen LogP contribution in [0.4, 0.5) is 5.69 Å². The summed E-state index contributed by atoms with van der Waals surface area (Å²) in [5, 5.41) is 6.43. The van der Waals surface area contributed by atoms with E-state index in [0.29, 0.717) is 11.4 Å². The second-order valence-corrected chi connectivity index (χ2v) is 7.94. The van der Waals surface area contributed by atoms with Gasteiger partial charge >= 0.3 is 0 Å². The summed E-state index contributed by atoms with van der Waals surface area (Å²) in [6.07, 6.45) is 3.66. The molecule has 0 aromatic heterocycles. The second-order valence-electron chi connectivity index (χ2n) is 6.70. The number of nitrogens with two attached hydrogens (primary N) is 2. The Hall–Kier alpha value is -2.30. The lowest BCUT2D eigenvalue weighted by molar-refractivity contribution is -0.127. The molecule has 1 aliphatic carbocycles. The van der Waals surface area contributed by atoms with Gasteiger partial charge in [-0.3, -0.25) is 9.59 Å². The van der Waals surface area contributed by atoms with Crippen molar-refractivity contribution >= 4 is 45.9 Å². The highest BCUT2D eigenvalue weighted by molar-refractivity contribution is 14.1. The van der Waals surface area contributed by atoms with E-state index in [1.165, 1.54) is 0 Å². The molecular formula is C18H22IN5O3. The molecule has 1 fully saturated rings. The molecule has 2 aliphatic rings. The van der Waals surface area contributed by atoms with E-state index in [9.17, 15) is 9.59 Å². The Morgan fingerprint density at radius 1 is 1.33 bits per heavy atom. The van der Waals surface area contributed by atoms with Gasteiger partial charge in [0, 0.05) is 16.3 Å². The molecule has 1 saturated carbocycles. The lowest BCUT2D eigenvalue weighted by atomic mass is 9.93. The van der Waals surface area contributed by atoms with Crippen molar-refractivity contribution in [1.29, 1.82) is 0 Å². The number of hydrogen-bond acceptors (Lipinski definition) is 5. The molecule has 3 rings (SSSR count). The fourth-order valence-electron chi connectivity index (χ4n) is 3.64. The molecule has 0 saturated heterocycles. The SMILES string of the molecule is CN1C(=O)C(/C(N)=N/OCC(=O)Nc2ccc(I)cc2)=C(N)C12CCCC2. The number of nitrogens with zero attached hydrogens (tertiary/aromatic N) is 2. The summed E-state index contributed by atoms with van der Waals surface area (Å²) >= 11 is 2.18. The van der Waals surface area contributed by atoms with Crippen molar-refractivity contribution in [3.8, 4) is 0 Å². The third kappa shape index (κ3) is 3.73. The van der Waals surface area contributed by atoms with Crippen LogP contribution in [-0.2, 0) is 14.4 Å². The van der Waals surface area contributed by atoms with Gasteiger partial charge in [-0.15, -0.1) is 0 Å². The Bertz CT molecular complexity index is 813. The summed E-state index contributed by atoms with van der Waals surface area (Å²) in [6, 6.07) is 7.33. The van der Waals surface area contributed by atoms with E-state index < -0.39 is 5.54 Å². The number of carbonyl (C=O) groups is 2. The molecule has 1 aliphatic heterocycles. The van der Waals surface area contributed by atoms with Crippen LogP contribution in [0, 0.1) is 3.57 Å². The number of rotatable bonds is 5. The highest BCUT2D eigenvalue weighted by Crippen LogP contribution is 2.44. The minimum Gasteiger partial charge on any atom is -0.399 e. The average molecular weight is 483 g/mol. The number of carbonyl (C=O) groups excluding carboxylic acids is 2. The number of hydrogen-bond donors (Lipinski definition) is 3. The van der Waals surface area contributed by atoms with E-state index >= 15 is 0 Å². The molecule has 1 spiro atoms.